The molecule has 0 bridgehead atoms. The van der Waals surface area contributed by atoms with Crippen molar-refractivity contribution in [2.24, 2.45) is 5.92 Å². The second kappa shape index (κ2) is 9.40. The number of amides is 2. The van der Waals surface area contributed by atoms with Crippen LogP contribution in [0.5, 0.6) is 5.75 Å². The summed E-state index contributed by atoms with van der Waals surface area (Å²) in [6.07, 6.45) is 0.477. The van der Waals surface area contributed by atoms with Gasteiger partial charge < -0.3 is 15.0 Å². The summed E-state index contributed by atoms with van der Waals surface area (Å²) in [6, 6.07) is 17.8. The maximum Gasteiger partial charge on any atom is 0.257 e. The van der Waals surface area contributed by atoms with Crippen molar-refractivity contribution in [1.29, 1.82) is 0 Å². The van der Waals surface area contributed by atoms with Crippen molar-refractivity contribution in [3.8, 4) is 5.75 Å². The first kappa shape index (κ1) is 19.9. The van der Waals surface area contributed by atoms with Gasteiger partial charge in [-0.3, -0.25) is 9.59 Å². The van der Waals surface area contributed by atoms with Crippen molar-refractivity contribution in [2.45, 2.75) is 32.7 Å². The fourth-order valence-corrected chi connectivity index (χ4v) is 3.35. The molecule has 3 rings (SSSR count). The fourth-order valence-electron chi connectivity index (χ4n) is 3.35. The van der Waals surface area contributed by atoms with E-state index in [4.69, 9.17) is 4.74 Å². The molecule has 0 radical (unpaired) electrons. The van der Waals surface area contributed by atoms with Crippen molar-refractivity contribution in [3.63, 3.8) is 0 Å². The summed E-state index contributed by atoms with van der Waals surface area (Å²) < 4.78 is 5.55. The van der Waals surface area contributed by atoms with Gasteiger partial charge in [-0.25, -0.2) is 0 Å². The van der Waals surface area contributed by atoms with E-state index in [1.807, 2.05) is 59.5 Å². The monoisotopic (exact) mass is 380 g/mol. The molecule has 0 saturated carbocycles. The van der Waals surface area contributed by atoms with E-state index in [1.165, 1.54) is 5.56 Å². The fraction of sp³-hybridized carbons (Fsp3) is 0.391. The van der Waals surface area contributed by atoms with Crippen LogP contribution in [-0.4, -0.2) is 36.4 Å². The number of hydrogen-bond donors (Lipinski definition) is 1. The highest BCUT2D eigenvalue weighted by Crippen LogP contribution is 2.20. The van der Waals surface area contributed by atoms with Gasteiger partial charge in [0.1, 0.15) is 5.75 Å². The third-order valence-electron chi connectivity index (χ3n) is 5.02. The molecule has 0 spiro atoms. The Hall–Kier alpha value is -2.82. The topological polar surface area (TPSA) is 58.6 Å². The van der Waals surface area contributed by atoms with E-state index in [9.17, 15) is 9.59 Å². The largest absolute Gasteiger partial charge is 0.484 e. The lowest BCUT2D eigenvalue weighted by atomic mass is 10.0. The summed E-state index contributed by atoms with van der Waals surface area (Å²) in [5, 5.41) is 2.89. The molecule has 2 aromatic carbocycles. The van der Waals surface area contributed by atoms with Gasteiger partial charge >= 0.3 is 0 Å². The van der Waals surface area contributed by atoms with Gasteiger partial charge in [-0.05, 0) is 29.2 Å². The predicted octanol–water partition coefficient (Wildman–Crippen LogP) is 3.35. The molecule has 5 nitrogen and oxygen atoms in total. The molecular formula is C23H28N2O3. The second-order valence-corrected chi connectivity index (χ2v) is 7.65. The first-order valence-corrected chi connectivity index (χ1v) is 9.82. The summed E-state index contributed by atoms with van der Waals surface area (Å²) in [7, 11) is 0. The Morgan fingerprint density at radius 2 is 1.86 bits per heavy atom. The summed E-state index contributed by atoms with van der Waals surface area (Å²) in [5.41, 5.74) is 2.36. The summed E-state index contributed by atoms with van der Waals surface area (Å²) in [5.74, 6) is 1.27. The summed E-state index contributed by atoms with van der Waals surface area (Å²) in [6.45, 7) is 6.04. The third-order valence-corrected chi connectivity index (χ3v) is 5.02. The molecule has 5 heteroatoms. The van der Waals surface area contributed by atoms with Crippen LogP contribution in [0.3, 0.4) is 0 Å². The van der Waals surface area contributed by atoms with Crippen LogP contribution in [0, 0.1) is 5.92 Å². The number of benzene rings is 2. The van der Waals surface area contributed by atoms with Crippen LogP contribution in [0.25, 0.3) is 0 Å². The molecule has 1 atom stereocenters. The van der Waals surface area contributed by atoms with Gasteiger partial charge in [0.15, 0.2) is 6.61 Å². The number of likely N-dealkylation sites (tertiary alicyclic amines) is 1. The molecule has 0 aromatic heterocycles. The van der Waals surface area contributed by atoms with E-state index in [2.05, 4.69) is 19.2 Å². The Labute approximate surface area is 166 Å². The summed E-state index contributed by atoms with van der Waals surface area (Å²) in [4.78, 5) is 26.1. The normalized spacial score (nSPS) is 16.5. The molecule has 148 valence electrons. The second-order valence-electron chi connectivity index (χ2n) is 7.65. The Bertz CT molecular complexity index is 787. The molecule has 1 fully saturated rings. The minimum Gasteiger partial charge on any atom is -0.484 e. The van der Waals surface area contributed by atoms with E-state index >= 15 is 0 Å². The molecule has 1 heterocycles. The Kier molecular flexibility index (Phi) is 6.69. The van der Waals surface area contributed by atoms with Gasteiger partial charge in [0.25, 0.3) is 5.91 Å². The smallest absolute Gasteiger partial charge is 0.257 e. The van der Waals surface area contributed by atoms with Gasteiger partial charge in [0.2, 0.25) is 5.91 Å². The maximum absolute atomic E-state index is 12.2. The number of nitrogens with one attached hydrogen (secondary N) is 1. The van der Waals surface area contributed by atoms with Crippen LogP contribution in [0.2, 0.25) is 0 Å². The van der Waals surface area contributed by atoms with E-state index in [1.54, 1.807) is 0 Å². The zero-order chi connectivity index (χ0) is 19.9. The third kappa shape index (κ3) is 5.59. The molecule has 1 N–H and O–H groups in total. The zero-order valence-electron chi connectivity index (χ0n) is 16.6. The molecular weight excluding hydrogens is 352 g/mol. The molecule has 28 heavy (non-hydrogen) atoms. The predicted molar refractivity (Wildman–Crippen MR) is 109 cm³/mol. The Balaban J connectivity index is 1.39. The van der Waals surface area contributed by atoms with Gasteiger partial charge in [-0.2, -0.15) is 0 Å². The number of hydrogen-bond acceptors (Lipinski definition) is 3. The SMILES string of the molecule is CC(C)c1ccc(OCC(=O)NCC2CC(=O)N(Cc3ccccc3)C2)cc1. The van der Waals surface area contributed by atoms with Crippen LogP contribution < -0.4 is 10.1 Å². The van der Waals surface area contributed by atoms with E-state index < -0.39 is 0 Å². The number of nitrogens with zero attached hydrogens (tertiary/aromatic N) is 1. The number of carbonyl (C=O) groups excluding carboxylic acids is 2. The van der Waals surface area contributed by atoms with Crippen molar-refractivity contribution >= 4 is 11.8 Å². The Morgan fingerprint density at radius 1 is 1.14 bits per heavy atom. The van der Waals surface area contributed by atoms with Gasteiger partial charge in [-0.1, -0.05) is 56.3 Å². The lowest BCUT2D eigenvalue weighted by molar-refractivity contribution is -0.128. The zero-order valence-corrected chi connectivity index (χ0v) is 16.6. The van der Waals surface area contributed by atoms with Gasteiger partial charge in [0, 0.05) is 32.0 Å². The number of carbonyl (C=O) groups is 2. The lowest BCUT2D eigenvalue weighted by Gasteiger charge is -2.17. The van der Waals surface area contributed by atoms with Crippen LogP contribution in [0.4, 0.5) is 0 Å². The van der Waals surface area contributed by atoms with Crippen LogP contribution in [0.15, 0.2) is 54.6 Å². The number of ether oxygens (including phenoxy) is 1. The van der Waals surface area contributed by atoms with Crippen LogP contribution in [-0.2, 0) is 16.1 Å². The van der Waals surface area contributed by atoms with Crippen molar-refractivity contribution in [1.82, 2.24) is 10.2 Å². The average Bonchev–Trinajstić information content (AvgIpc) is 3.05. The van der Waals surface area contributed by atoms with Crippen molar-refractivity contribution in [3.05, 3.63) is 65.7 Å². The first-order chi connectivity index (χ1) is 13.5. The van der Waals surface area contributed by atoms with Gasteiger partial charge in [-0.15, -0.1) is 0 Å². The molecule has 2 aromatic rings. The highest BCUT2D eigenvalue weighted by Gasteiger charge is 2.29. The van der Waals surface area contributed by atoms with Crippen molar-refractivity contribution < 1.29 is 14.3 Å². The Morgan fingerprint density at radius 3 is 2.54 bits per heavy atom. The highest BCUT2D eigenvalue weighted by molar-refractivity contribution is 5.79. The van der Waals surface area contributed by atoms with E-state index in [-0.39, 0.29) is 24.3 Å². The van der Waals surface area contributed by atoms with Crippen LogP contribution in [0.1, 0.15) is 37.3 Å². The molecule has 1 saturated heterocycles. The van der Waals surface area contributed by atoms with Crippen molar-refractivity contribution in [2.75, 3.05) is 19.7 Å². The standard InChI is InChI=1S/C23H28N2O3/c1-17(2)20-8-10-21(11-9-20)28-16-22(26)24-13-19-12-23(27)25(15-19)14-18-6-4-3-5-7-18/h3-11,17,19H,12-16H2,1-2H3,(H,24,26). The lowest BCUT2D eigenvalue weighted by Crippen LogP contribution is -2.34. The van der Waals surface area contributed by atoms with Crippen LogP contribution >= 0.6 is 0 Å². The minimum absolute atomic E-state index is 0.0184. The highest BCUT2D eigenvalue weighted by atomic mass is 16.5. The average molecular weight is 380 g/mol. The molecule has 1 unspecified atom stereocenters. The molecule has 1 aliphatic heterocycles. The van der Waals surface area contributed by atoms with Gasteiger partial charge in [0.05, 0.1) is 0 Å². The molecule has 0 aliphatic carbocycles. The first-order valence-electron chi connectivity index (χ1n) is 9.82. The molecule has 2 amide bonds. The maximum atomic E-state index is 12.2. The molecule has 1 aliphatic rings. The number of rotatable bonds is 8. The minimum atomic E-state index is -0.165. The summed E-state index contributed by atoms with van der Waals surface area (Å²) >= 11 is 0. The quantitative estimate of drug-likeness (QED) is 0.764. The van der Waals surface area contributed by atoms with E-state index in [0.717, 1.165) is 5.56 Å². The van der Waals surface area contributed by atoms with E-state index in [0.29, 0.717) is 37.7 Å².